The summed E-state index contributed by atoms with van der Waals surface area (Å²) in [5.41, 5.74) is 0.238. The minimum Gasteiger partial charge on any atom is -0.481 e. The van der Waals surface area contributed by atoms with Crippen LogP contribution in [0.15, 0.2) is 47.6 Å². The van der Waals surface area contributed by atoms with E-state index in [0.29, 0.717) is 12.8 Å². The zero-order chi connectivity index (χ0) is 18.2. The van der Waals surface area contributed by atoms with Gasteiger partial charge in [0.2, 0.25) is 0 Å². The largest absolute Gasteiger partial charge is 0.481 e. The Labute approximate surface area is 145 Å². The summed E-state index contributed by atoms with van der Waals surface area (Å²) in [5.74, 6) is -1.42. The molecule has 2 N–H and O–H groups in total. The maximum Gasteiger partial charge on any atom is 0.311 e. The molecule has 1 aliphatic carbocycles. The number of nitrogens with zero attached hydrogens (tertiary/aromatic N) is 1. The fourth-order valence-corrected chi connectivity index (χ4v) is 3.66. The molecule has 1 aliphatic rings. The van der Waals surface area contributed by atoms with Crippen LogP contribution in [0.2, 0.25) is 0 Å². The lowest BCUT2D eigenvalue weighted by atomic mass is 10.1. The van der Waals surface area contributed by atoms with Crippen LogP contribution in [0.5, 0.6) is 0 Å². The number of carboxylic acids is 1. The molecule has 0 atom stereocenters. The molecule has 1 saturated carbocycles. The van der Waals surface area contributed by atoms with Crippen LogP contribution >= 0.6 is 0 Å². The molecule has 0 spiro atoms. The van der Waals surface area contributed by atoms with Crippen molar-refractivity contribution >= 4 is 21.9 Å². The summed E-state index contributed by atoms with van der Waals surface area (Å²) in [4.78, 5) is 23.4. The van der Waals surface area contributed by atoms with Crippen molar-refractivity contribution in [3.63, 3.8) is 0 Å². The maximum atomic E-state index is 12.6. The summed E-state index contributed by atoms with van der Waals surface area (Å²) in [6, 6.07) is 7.81. The summed E-state index contributed by atoms with van der Waals surface area (Å²) in [7, 11) is -3.77. The number of nitrogens with one attached hydrogen (secondary N) is 1. The van der Waals surface area contributed by atoms with E-state index in [1.54, 1.807) is 12.1 Å². The third-order valence-corrected chi connectivity index (χ3v) is 6.07. The van der Waals surface area contributed by atoms with Gasteiger partial charge in [-0.25, -0.2) is 12.4 Å². The molecule has 7 nitrogen and oxygen atoms in total. The Kier molecular flexibility index (Phi) is 4.16. The van der Waals surface area contributed by atoms with Crippen molar-refractivity contribution in [3.8, 4) is 0 Å². The van der Waals surface area contributed by atoms with Crippen LogP contribution in [0.1, 0.15) is 28.8 Å². The van der Waals surface area contributed by atoms with E-state index in [0.717, 1.165) is 9.54 Å². The van der Waals surface area contributed by atoms with E-state index in [1.165, 1.54) is 30.6 Å². The lowest BCUT2D eigenvalue weighted by Gasteiger charge is -2.10. The molecule has 0 bridgehead atoms. The first kappa shape index (κ1) is 17.2. The molecule has 1 heterocycles. The van der Waals surface area contributed by atoms with Crippen LogP contribution in [-0.2, 0) is 14.8 Å². The molecule has 0 aliphatic heterocycles. The molecule has 1 aromatic heterocycles. The van der Waals surface area contributed by atoms with Crippen LogP contribution < -0.4 is 5.32 Å². The van der Waals surface area contributed by atoms with Crippen LogP contribution in [0.4, 0.5) is 0 Å². The topological polar surface area (TPSA) is 105 Å². The number of carbonyl (C=O) groups excluding carboxylic acids is 1. The molecule has 8 heteroatoms. The third kappa shape index (κ3) is 3.30. The Balaban J connectivity index is 1.74. The highest BCUT2D eigenvalue weighted by atomic mass is 32.2. The molecule has 0 saturated heterocycles. The van der Waals surface area contributed by atoms with Crippen LogP contribution in [0, 0.1) is 12.3 Å². The van der Waals surface area contributed by atoms with E-state index >= 15 is 0 Å². The van der Waals surface area contributed by atoms with E-state index in [1.807, 2.05) is 6.92 Å². The highest BCUT2D eigenvalue weighted by molar-refractivity contribution is 7.90. The lowest BCUT2D eigenvalue weighted by molar-refractivity contribution is -0.143. The van der Waals surface area contributed by atoms with E-state index in [2.05, 4.69) is 5.32 Å². The number of hydrogen-bond acceptors (Lipinski definition) is 4. The normalized spacial score (nSPS) is 15.6. The van der Waals surface area contributed by atoms with Gasteiger partial charge < -0.3 is 10.4 Å². The molecule has 25 heavy (non-hydrogen) atoms. The second-order valence-corrected chi connectivity index (χ2v) is 8.16. The van der Waals surface area contributed by atoms with Crippen LogP contribution in [-0.4, -0.2) is 35.9 Å². The minimum absolute atomic E-state index is 0.0387. The van der Waals surface area contributed by atoms with Gasteiger partial charge in [-0.1, -0.05) is 17.7 Å². The number of amides is 1. The SMILES string of the molecule is Cc1ccc(S(=O)(=O)n2ccc(C(=O)NCC3(C(=O)O)CC3)c2)cc1. The molecular weight excluding hydrogens is 344 g/mol. The number of aryl methyl sites for hydroxylation is 1. The Hall–Kier alpha value is -2.61. The van der Waals surface area contributed by atoms with Crippen molar-refractivity contribution in [1.29, 1.82) is 0 Å². The van der Waals surface area contributed by atoms with Gasteiger partial charge in [0.15, 0.2) is 0 Å². The first-order valence-corrected chi connectivity index (χ1v) is 9.20. The highest BCUT2D eigenvalue weighted by Gasteiger charge is 2.50. The van der Waals surface area contributed by atoms with Crippen molar-refractivity contribution in [2.24, 2.45) is 5.41 Å². The number of aliphatic carboxylic acids is 1. The summed E-state index contributed by atoms with van der Waals surface area (Å²) < 4.78 is 26.1. The van der Waals surface area contributed by atoms with Crippen molar-refractivity contribution in [1.82, 2.24) is 9.29 Å². The standard InChI is InChI=1S/C17H18N2O5S/c1-12-2-4-14(5-3-12)25(23,24)19-9-6-13(10-19)15(20)18-11-17(7-8-17)16(21)22/h2-6,9-10H,7-8,11H2,1H3,(H,18,20)(H,21,22). The molecule has 0 radical (unpaired) electrons. The van der Waals surface area contributed by atoms with E-state index in [4.69, 9.17) is 5.11 Å². The Bertz CT molecular complexity index is 924. The molecule has 1 aromatic carbocycles. The lowest BCUT2D eigenvalue weighted by Crippen LogP contribution is -2.34. The number of hydrogen-bond donors (Lipinski definition) is 2. The monoisotopic (exact) mass is 362 g/mol. The predicted molar refractivity (Wildman–Crippen MR) is 89.8 cm³/mol. The zero-order valence-corrected chi connectivity index (χ0v) is 14.4. The number of benzene rings is 1. The van der Waals surface area contributed by atoms with E-state index in [-0.39, 0.29) is 17.0 Å². The van der Waals surface area contributed by atoms with Gasteiger partial charge in [-0.15, -0.1) is 0 Å². The first-order valence-electron chi connectivity index (χ1n) is 7.76. The van der Waals surface area contributed by atoms with Crippen molar-refractivity contribution in [2.45, 2.75) is 24.7 Å². The summed E-state index contributed by atoms with van der Waals surface area (Å²) in [6.07, 6.45) is 3.59. The minimum atomic E-state index is -3.77. The second-order valence-electron chi connectivity index (χ2n) is 6.32. The Morgan fingerprint density at radius 2 is 1.84 bits per heavy atom. The quantitative estimate of drug-likeness (QED) is 0.812. The summed E-state index contributed by atoms with van der Waals surface area (Å²) in [6.45, 7) is 1.90. The Morgan fingerprint density at radius 3 is 2.40 bits per heavy atom. The van der Waals surface area contributed by atoms with Crippen LogP contribution in [0.25, 0.3) is 0 Å². The number of carboxylic acid groups (broad SMARTS) is 1. The van der Waals surface area contributed by atoms with Crippen LogP contribution in [0.3, 0.4) is 0 Å². The number of carbonyl (C=O) groups is 2. The fourth-order valence-electron chi connectivity index (χ4n) is 2.46. The van der Waals surface area contributed by atoms with Gasteiger partial charge in [0, 0.05) is 18.9 Å². The average Bonchev–Trinajstić information content (AvgIpc) is 3.20. The first-order chi connectivity index (χ1) is 11.7. The van der Waals surface area contributed by atoms with Gasteiger partial charge in [-0.05, 0) is 38.0 Å². The second kappa shape index (κ2) is 6.03. The zero-order valence-electron chi connectivity index (χ0n) is 13.6. The third-order valence-electron chi connectivity index (χ3n) is 4.42. The fraction of sp³-hybridized carbons (Fsp3) is 0.294. The Morgan fingerprint density at radius 1 is 1.20 bits per heavy atom. The summed E-state index contributed by atoms with van der Waals surface area (Å²) >= 11 is 0. The molecule has 1 fully saturated rings. The number of aromatic nitrogens is 1. The summed E-state index contributed by atoms with van der Waals surface area (Å²) in [5, 5.41) is 11.7. The molecule has 3 rings (SSSR count). The van der Waals surface area contributed by atoms with Crippen molar-refractivity contribution in [2.75, 3.05) is 6.54 Å². The van der Waals surface area contributed by atoms with E-state index < -0.39 is 27.3 Å². The van der Waals surface area contributed by atoms with Gasteiger partial charge in [0.1, 0.15) is 0 Å². The molecule has 2 aromatic rings. The smallest absolute Gasteiger partial charge is 0.311 e. The average molecular weight is 362 g/mol. The van der Waals surface area contributed by atoms with Gasteiger partial charge in [0.25, 0.3) is 15.9 Å². The van der Waals surface area contributed by atoms with Crippen molar-refractivity contribution in [3.05, 3.63) is 53.9 Å². The van der Waals surface area contributed by atoms with Gasteiger partial charge >= 0.3 is 5.97 Å². The highest BCUT2D eigenvalue weighted by Crippen LogP contribution is 2.45. The van der Waals surface area contributed by atoms with Gasteiger partial charge in [-0.2, -0.15) is 0 Å². The number of rotatable bonds is 6. The van der Waals surface area contributed by atoms with Gasteiger partial charge in [-0.3, -0.25) is 9.59 Å². The maximum absolute atomic E-state index is 12.6. The van der Waals surface area contributed by atoms with E-state index in [9.17, 15) is 18.0 Å². The van der Waals surface area contributed by atoms with Crippen molar-refractivity contribution < 1.29 is 23.1 Å². The van der Waals surface area contributed by atoms with Gasteiger partial charge in [0.05, 0.1) is 15.9 Å². The molecule has 132 valence electrons. The molecular formula is C17H18N2O5S. The molecule has 0 unspecified atom stereocenters. The molecule has 1 amide bonds. The predicted octanol–water partition coefficient (Wildman–Crippen LogP) is 1.63.